The molecular formula is C9H8FNO. The minimum absolute atomic E-state index is 0.0824. The molecule has 0 bridgehead atoms. The van der Waals surface area contributed by atoms with Crippen LogP contribution in [0.2, 0.25) is 0 Å². The molecule has 2 nitrogen and oxygen atoms in total. The Balaban J connectivity index is 2.83. The summed E-state index contributed by atoms with van der Waals surface area (Å²) in [6.07, 6.45) is 4.18. The van der Waals surface area contributed by atoms with Crippen molar-refractivity contribution in [1.82, 2.24) is 4.98 Å². The number of rotatable bonds is 2. The fraction of sp³-hybridized carbons (Fsp3) is 0.111. The van der Waals surface area contributed by atoms with Crippen molar-refractivity contribution in [2.75, 3.05) is 0 Å². The molecule has 3 heteroatoms. The number of hydrogen-bond acceptors (Lipinski definition) is 2. The van der Waals surface area contributed by atoms with Crippen LogP contribution in [0.3, 0.4) is 0 Å². The van der Waals surface area contributed by atoms with Crippen molar-refractivity contribution in [3.8, 4) is 0 Å². The first-order valence-electron chi connectivity index (χ1n) is 3.48. The number of ketones is 1. The van der Waals surface area contributed by atoms with E-state index in [0.717, 1.165) is 0 Å². The number of allylic oxidation sites excluding steroid dienone is 1. The van der Waals surface area contributed by atoms with E-state index in [-0.39, 0.29) is 11.6 Å². The van der Waals surface area contributed by atoms with Crippen molar-refractivity contribution < 1.29 is 9.18 Å². The predicted molar refractivity (Wildman–Crippen MR) is 43.9 cm³/mol. The maximum atomic E-state index is 12.5. The van der Waals surface area contributed by atoms with Gasteiger partial charge in [0.2, 0.25) is 0 Å². The minimum atomic E-state index is -0.354. The summed E-state index contributed by atoms with van der Waals surface area (Å²) in [7, 11) is 0. The lowest BCUT2D eigenvalue weighted by molar-refractivity contribution is -0.112. The zero-order valence-electron chi connectivity index (χ0n) is 6.62. The van der Waals surface area contributed by atoms with Crippen LogP contribution in [0.5, 0.6) is 0 Å². The third-order valence-electron chi connectivity index (χ3n) is 1.23. The van der Waals surface area contributed by atoms with E-state index < -0.39 is 0 Å². The zero-order chi connectivity index (χ0) is 8.97. The van der Waals surface area contributed by atoms with Crippen molar-refractivity contribution in [3.05, 3.63) is 35.9 Å². The largest absolute Gasteiger partial charge is 0.295 e. The number of halogens is 1. The molecule has 0 aliphatic rings. The van der Waals surface area contributed by atoms with E-state index in [1.54, 1.807) is 0 Å². The molecule has 0 fully saturated rings. The van der Waals surface area contributed by atoms with E-state index in [0.29, 0.717) is 5.69 Å². The molecule has 1 aromatic rings. The molecule has 0 unspecified atom stereocenters. The number of carbonyl (C=O) groups is 1. The van der Waals surface area contributed by atoms with E-state index in [1.807, 2.05) is 0 Å². The molecular weight excluding hydrogens is 157 g/mol. The highest BCUT2D eigenvalue weighted by Crippen LogP contribution is 2.01. The summed E-state index contributed by atoms with van der Waals surface area (Å²) in [5, 5.41) is 0. The molecule has 1 heterocycles. The van der Waals surface area contributed by atoms with Gasteiger partial charge in [-0.15, -0.1) is 0 Å². The van der Waals surface area contributed by atoms with Crippen LogP contribution in [0.4, 0.5) is 4.39 Å². The summed E-state index contributed by atoms with van der Waals surface area (Å²) in [6, 6.07) is 2.52. The Hall–Kier alpha value is -1.51. The topological polar surface area (TPSA) is 30.0 Å². The molecule has 0 spiro atoms. The van der Waals surface area contributed by atoms with Crippen LogP contribution >= 0.6 is 0 Å². The van der Waals surface area contributed by atoms with Crippen LogP contribution in [-0.4, -0.2) is 10.8 Å². The lowest BCUT2D eigenvalue weighted by Crippen LogP contribution is -1.84. The van der Waals surface area contributed by atoms with Gasteiger partial charge in [-0.1, -0.05) is 0 Å². The van der Waals surface area contributed by atoms with Crippen LogP contribution in [0.15, 0.2) is 24.4 Å². The van der Waals surface area contributed by atoms with Gasteiger partial charge in [0.25, 0.3) is 0 Å². The van der Waals surface area contributed by atoms with E-state index in [1.165, 1.54) is 37.4 Å². The fourth-order valence-electron chi connectivity index (χ4n) is 0.715. The Labute approximate surface area is 69.7 Å². The highest BCUT2D eigenvalue weighted by Gasteiger charge is 1.91. The Morgan fingerprint density at radius 3 is 3.00 bits per heavy atom. The third kappa shape index (κ3) is 2.62. The first-order chi connectivity index (χ1) is 5.68. The molecule has 0 N–H and O–H groups in total. The molecule has 1 rings (SSSR count). The van der Waals surface area contributed by atoms with E-state index in [2.05, 4.69) is 4.98 Å². The fourth-order valence-corrected chi connectivity index (χ4v) is 0.715. The number of hydrogen-bond donors (Lipinski definition) is 0. The smallest absolute Gasteiger partial charge is 0.152 e. The molecule has 0 saturated heterocycles. The number of nitrogens with zero attached hydrogens (tertiary/aromatic N) is 1. The molecule has 0 amide bonds. The van der Waals surface area contributed by atoms with Crippen LogP contribution < -0.4 is 0 Å². The zero-order valence-corrected chi connectivity index (χ0v) is 6.62. The second-order valence-corrected chi connectivity index (χ2v) is 2.34. The van der Waals surface area contributed by atoms with Crippen molar-refractivity contribution in [2.45, 2.75) is 6.92 Å². The summed E-state index contributed by atoms with van der Waals surface area (Å²) < 4.78 is 12.5. The quantitative estimate of drug-likeness (QED) is 0.625. The summed E-state index contributed by atoms with van der Waals surface area (Å²) in [6.45, 7) is 1.43. The van der Waals surface area contributed by atoms with Crippen molar-refractivity contribution in [3.63, 3.8) is 0 Å². The molecule has 0 aromatic carbocycles. The molecule has 12 heavy (non-hydrogen) atoms. The average Bonchev–Trinajstić information content (AvgIpc) is 2.01. The van der Waals surface area contributed by atoms with Gasteiger partial charge in [-0.05, 0) is 31.2 Å². The lowest BCUT2D eigenvalue weighted by atomic mass is 10.3. The monoisotopic (exact) mass is 165 g/mol. The van der Waals surface area contributed by atoms with Gasteiger partial charge in [0, 0.05) is 6.20 Å². The van der Waals surface area contributed by atoms with Crippen molar-refractivity contribution >= 4 is 11.9 Å². The van der Waals surface area contributed by atoms with Crippen molar-refractivity contribution in [1.29, 1.82) is 0 Å². The Morgan fingerprint density at radius 1 is 1.67 bits per heavy atom. The second-order valence-electron chi connectivity index (χ2n) is 2.34. The number of pyridine rings is 1. The minimum Gasteiger partial charge on any atom is -0.295 e. The number of carbonyl (C=O) groups excluding carboxylic acids is 1. The highest BCUT2D eigenvalue weighted by atomic mass is 19.1. The summed E-state index contributed by atoms with van der Waals surface area (Å²) in [5.74, 6) is -0.436. The molecule has 1 aromatic heterocycles. The first-order valence-corrected chi connectivity index (χ1v) is 3.48. The number of aromatic nitrogens is 1. The SMILES string of the molecule is CC(=O)/C=C/c1cc(F)ccn1. The predicted octanol–water partition coefficient (Wildman–Crippen LogP) is 1.82. The van der Waals surface area contributed by atoms with Gasteiger partial charge in [-0.2, -0.15) is 0 Å². The van der Waals surface area contributed by atoms with Gasteiger partial charge < -0.3 is 0 Å². The average molecular weight is 165 g/mol. The summed E-state index contributed by atoms with van der Waals surface area (Å²) in [4.78, 5) is 14.3. The van der Waals surface area contributed by atoms with Gasteiger partial charge in [0.15, 0.2) is 5.78 Å². The molecule has 0 aliphatic carbocycles. The van der Waals surface area contributed by atoms with Gasteiger partial charge >= 0.3 is 0 Å². The molecule has 0 atom stereocenters. The van der Waals surface area contributed by atoms with Gasteiger partial charge in [0.1, 0.15) is 5.82 Å². The maximum absolute atomic E-state index is 12.5. The summed E-state index contributed by atoms with van der Waals surface area (Å²) in [5.41, 5.74) is 0.449. The molecule has 0 radical (unpaired) electrons. The second kappa shape index (κ2) is 3.76. The maximum Gasteiger partial charge on any atom is 0.152 e. The van der Waals surface area contributed by atoms with Crippen LogP contribution in [0, 0.1) is 5.82 Å². The Kier molecular flexibility index (Phi) is 2.69. The van der Waals surface area contributed by atoms with Crippen LogP contribution in [-0.2, 0) is 4.79 Å². The van der Waals surface area contributed by atoms with Gasteiger partial charge in [-0.3, -0.25) is 9.78 Å². The third-order valence-corrected chi connectivity index (χ3v) is 1.23. The standard InChI is InChI=1S/C9H8FNO/c1-7(12)2-3-9-6-8(10)4-5-11-9/h2-6H,1H3/b3-2+. The molecule has 62 valence electrons. The van der Waals surface area contributed by atoms with Gasteiger partial charge in [-0.25, -0.2) is 4.39 Å². The van der Waals surface area contributed by atoms with E-state index in [9.17, 15) is 9.18 Å². The Bertz CT molecular complexity index is 320. The molecule has 0 aliphatic heterocycles. The van der Waals surface area contributed by atoms with Crippen LogP contribution in [0.1, 0.15) is 12.6 Å². The molecule has 0 saturated carbocycles. The summed E-state index contributed by atoms with van der Waals surface area (Å²) >= 11 is 0. The lowest BCUT2D eigenvalue weighted by Gasteiger charge is -1.90. The van der Waals surface area contributed by atoms with E-state index >= 15 is 0 Å². The van der Waals surface area contributed by atoms with E-state index in [4.69, 9.17) is 0 Å². The Morgan fingerprint density at radius 2 is 2.42 bits per heavy atom. The van der Waals surface area contributed by atoms with Crippen LogP contribution in [0.25, 0.3) is 6.08 Å². The van der Waals surface area contributed by atoms with Crippen molar-refractivity contribution in [2.24, 2.45) is 0 Å². The van der Waals surface area contributed by atoms with Gasteiger partial charge in [0.05, 0.1) is 5.69 Å². The normalized spacial score (nSPS) is 10.5. The highest BCUT2D eigenvalue weighted by molar-refractivity contribution is 5.91. The first kappa shape index (κ1) is 8.59.